The topological polar surface area (TPSA) is 83.8 Å². The summed E-state index contributed by atoms with van der Waals surface area (Å²) in [6.45, 7) is 1.84. The number of halogens is 1. The Morgan fingerprint density at radius 1 is 1.56 bits per heavy atom. The molecule has 94 valence electrons. The zero-order valence-electron chi connectivity index (χ0n) is 9.77. The summed E-state index contributed by atoms with van der Waals surface area (Å²) in [6.07, 6.45) is 3.34. The largest absolute Gasteiger partial charge is 0.398 e. The van der Waals surface area contributed by atoms with Gasteiger partial charge in [-0.1, -0.05) is 11.6 Å². The molecule has 0 bridgehead atoms. The summed E-state index contributed by atoms with van der Waals surface area (Å²) < 4.78 is 0. The number of nitrogens with two attached hydrogens (primary N) is 1. The minimum Gasteiger partial charge on any atom is -0.398 e. The summed E-state index contributed by atoms with van der Waals surface area (Å²) >= 11 is 5.80. The first-order chi connectivity index (χ1) is 8.58. The summed E-state index contributed by atoms with van der Waals surface area (Å²) in [7, 11) is 0. The number of nitrogens with zero attached hydrogens (tertiary/aromatic N) is 1. The van der Waals surface area contributed by atoms with Gasteiger partial charge >= 0.3 is 0 Å². The van der Waals surface area contributed by atoms with E-state index < -0.39 is 0 Å². The fourth-order valence-corrected chi connectivity index (χ4v) is 1.67. The first-order valence-corrected chi connectivity index (χ1v) is 5.81. The van der Waals surface area contributed by atoms with Gasteiger partial charge in [0, 0.05) is 18.0 Å². The molecule has 0 saturated heterocycles. The van der Waals surface area contributed by atoms with Crippen LogP contribution in [0.15, 0.2) is 30.6 Å². The summed E-state index contributed by atoms with van der Waals surface area (Å²) in [5.41, 5.74) is 6.51. The highest BCUT2D eigenvalue weighted by atomic mass is 35.5. The van der Waals surface area contributed by atoms with E-state index in [9.17, 15) is 4.79 Å². The molecule has 0 aliphatic carbocycles. The second-order valence-corrected chi connectivity index (χ2v) is 4.31. The maximum atomic E-state index is 12.0. The molecule has 2 rings (SSSR count). The van der Waals surface area contributed by atoms with Gasteiger partial charge in [-0.3, -0.25) is 4.79 Å². The molecule has 2 aromatic rings. The lowest BCUT2D eigenvalue weighted by Gasteiger charge is -2.12. The van der Waals surface area contributed by atoms with Crippen molar-refractivity contribution < 1.29 is 4.79 Å². The standard InChI is InChI=1S/C12H13ClN4O/c1-7(11-15-4-5-16-11)17-12(18)8-2-3-9(13)10(14)6-8/h2-7H,14H2,1H3,(H,15,16)(H,17,18). The van der Waals surface area contributed by atoms with E-state index in [-0.39, 0.29) is 11.9 Å². The summed E-state index contributed by atoms with van der Waals surface area (Å²) in [5, 5.41) is 3.25. The van der Waals surface area contributed by atoms with E-state index in [2.05, 4.69) is 15.3 Å². The number of nitrogens with one attached hydrogen (secondary N) is 2. The number of carbonyl (C=O) groups excluding carboxylic acids is 1. The van der Waals surface area contributed by atoms with Gasteiger partial charge in [-0.2, -0.15) is 0 Å². The zero-order chi connectivity index (χ0) is 13.1. The predicted octanol–water partition coefficient (Wildman–Crippen LogP) is 2.14. The van der Waals surface area contributed by atoms with Crippen LogP contribution in [0.1, 0.15) is 29.1 Å². The molecule has 0 saturated carbocycles. The molecular weight excluding hydrogens is 252 g/mol. The number of aromatic nitrogens is 2. The fraction of sp³-hybridized carbons (Fsp3) is 0.167. The Hall–Kier alpha value is -2.01. The molecule has 0 aliphatic heterocycles. The Kier molecular flexibility index (Phi) is 3.53. The van der Waals surface area contributed by atoms with Crippen molar-refractivity contribution in [2.75, 3.05) is 5.73 Å². The lowest BCUT2D eigenvalue weighted by Crippen LogP contribution is -2.27. The Morgan fingerprint density at radius 3 is 2.94 bits per heavy atom. The molecule has 1 unspecified atom stereocenters. The Labute approximate surface area is 109 Å². The molecule has 0 aliphatic rings. The van der Waals surface area contributed by atoms with Gasteiger partial charge in [-0.15, -0.1) is 0 Å². The number of nitrogen functional groups attached to an aromatic ring is 1. The molecule has 0 spiro atoms. The Balaban J connectivity index is 2.10. The van der Waals surface area contributed by atoms with Crippen LogP contribution in [-0.4, -0.2) is 15.9 Å². The highest BCUT2D eigenvalue weighted by Crippen LogP contribution is 2.19. The fourth-order valence-electron chi connectivity index (χ4n) is 1.55. The lowest BCUT2D eigenvalue weighted by atomic mass is 10.1. The van der Waals surface area contributed by atoms with Gasteiger partial charge in [0.15, 0.2) is 0 Å². The SMILES string of the molecule is CC(NC(=O)c1ccc(Cl)c(N)c1)c1ncc[nH]1. The van der Waals surface area contributed by atoms with E-state index in [1.807, 2.05) is 6.92 Å². The smallest absolute Gasteiger partial charge is 0.251 e. The molecule has 1 aromatic carbocycles. The van der Waals surface area contributed by atoms with E-state index in [0.717, 1.165) is 0 Å². The van der Waals surface area contributed by atoms with Crippen LogP contribution in [0.3, 0.4) is 0 Å². The number of H-pyrrole nitrogens is 1. The van der Waals surface area contributed by atoms with E-state index in [4.69, 9.17) is 17.3 Å². The third-order valence-electron chi connectivity index (χ3n) is 2.54. The number of anilines is 1. The van der Waals surface area contributed by atoms with Gasteiger partial charge in [0.25, 0.3) is 5.91 Å². The maximum absolute atomic E-state index is 12.0. The molecule has 1 heterocycles. The van der Waals surface area contributed by atoms with Crippen molar-refractivity contribution in [2.45, 2.75) is 13.0 Å². The lowest BCUT2D eigenvalue weighted by molar-refractivity contribution is 0.0938. The van der Waals surface area contributed by atoms with Crippen LogP contribution in [0.4, 0.5) is 5.69 Å². The van der Waals surface area contributed by atoms with Crippen LogP contribution in [0.25, 0.3) is 0 Å². The number of carbonyl (C=O) groups is 1. The van der Waals surface area contributed by atoms with Crippen molar-refractivity contribution in [3.05, 3.63) is 47.0 Å². The molecule has 1 atom stereocenters. The molecule has 1 aromatic heterocycles. The minimum atomic E-state index is -0.220. The van der Waals surface area contributed by atoms with Crippen molar-refractivity contribution in [1.29, 1.82) is 0 Å². The van der Waals surface area contributed by atoms with Gasteiger partial charge in [0.2, 0.25) is 0 Å². The van der Waals surface area contributed by atoms with E-state index in [1.54, 1.807) is 30.6 Å². The molecule has 5 nitrogen and oxygen atoms in total. The monoisotopic (exact) mass is 264 g/mol. The minimum absolute atomic E-state index is 0.204. The first-order valence-electron chi connectivity index (χ1n) is 5.43. The number of hydrogen-bond donors (Lipinski definition) is 3. The Morgan fingerprint density at radius 2 is 2.33 bits per heavy atom. The van der Waals surface area contributed by atoms with E-state index >= 15 is 0 Å². The summed E-state index contributed by atoms with van der Waals surface area (Å²) in [5.74, 6) is 0.479. The van der Waals surface area contributed by atoms with Crippen LogP contribution < -0.4 is 11.1 Å². The van der Waals surface area contributed by atoms with Crippen molar-refractivity contribution in [1.82, 2.24) is 15.3 Å². The van der Waals surface area contributed by atoms with Crippen LogP contribution in [0, 0.1) is 0 Å². The predicted molar refractivity (Wildman–Crippen MR) is 70.3 cm³/mol. The molecule has 6 heteroatoms. The van der Waals surface area contributed by atoms with Gasteiger partial charge in [-0.05, 0) is 25.1 Å². The summed E-state index contributed by atoms with van der Waals surface area (Å²) in [4.78, 5) is 19.0. The molecule has 0 fully saturated rings. The van der Waals surface area contributed by atoms with Gasteiger partial charge in [-0.25, -0.2) is 4.98 Å². The third kappa shape index (κ3) is 2.62. The van der Waals surface area contributed by atoms with Crippen LogP contribution in [0.2, 0.25) is 5.02 Å². The first kappa shape index (κ1) is 12.4. The number of benzene rings is 1. The number of hydrogen-bond acceptors (Lipinski definition) is 3. The van der Waals surface area contributed by atoms with Crippen molar-refractivity contribution in [2.24, 2.45) is 0 Å². The highest BCUT2D eigenvalue weighted by molar-refractivity contribution is 6.33. The van der Waals surface area contributed by atoms with Crippen LogP contribution in [-0.2, 0) is 0 Å². The van der Waals surface area contributed by atoms with E-state index in [1.165, 1.54) is 0 Å². The van der Waals surface area contributed by atoms with Crippen molar-refractivity contribution >= 4 is 23.2 Å². The molecular formula is C12H13ClN4O. The molecule has 4 N–H and O–H groups in total. The third-order valence-corrected chi connectivity index (χ3v) is 2.88. The number of imidazole rings is 1. The molecule has 0 radical (unpaired) electrons. The Bertz CT molecular complexity index is 553. The van der Waals surface area contributed by atoms with Gasteiger partial charge < -0.3 is 16.0 Å². The van der Waals surface area contributed by atoms with E-state index in [0.29, 0.717) is 22.1 Å². The number of aromatic amines is 1. The number of rotatable bonds is 3. The summed E-state index contributed by atoms with van der Waals surface area (Å²) in [6, 6.07) is 4.57. The van der Waals surface area contributed by atoms with Gasteiger partial charge in [0.05, 0.1) is 16.8 Å². The van der Waals surface area contributed by atoms with Crippen molar-refractivity contribution in [3.63, 3.8) is 0 Å². The van der Waals surface area contributed by atoms with Gasteiger partial charge in [0.1, 0.15) is 5.82 Å². The normalized spacial score (nSPS) is 12.1. The average molecular weight is 265 g/mol. The second kappa shape index (κ2) is 5.10. The maximum Gasteiger partial charge on any atom is 0.251 e. The molecule has 18 heavy (non-hydrogen) atoms. The highest BCUT2D eigenvalue weighted by Gasteiger charge is 2.13. The van der Waals surface area contributed by atoms with Crippen LogP contribution >= 0.6 is 11.6 Å². The van der Waals surface area contributed by atoms with Crippen molar-refractivity contribution in [3.8, 4) is 0 Å². The quantitative estimate of drug-likeness (QED) is 0.743. The molecule has 1 amide bonds. The zero-order valence-corrected chi connectivity index (χ0v) is 10.5. The average Bonchev–Trinajstić information content (AvgIpc) is 2.86. The second-order valence-electron chi connectivity index (χ2n) is 3.91. The van der Waals surface area contributed by atoms with Crippen LogP contribution in [0.5, 0.6) is 0 Å². The number of amides is 1.